The number of nitrogens with one attached hydrogen (secondary N) is 1. The molecule has 0 saturated carbocycles. The number of carbonyl (C=O) groups excluding carboxylic acids is 2. The number of anilines is 1. The zero-order valence-corrected chi connectivity index (χ0v) is 18.3. The molecule has 7 heteroatoms. The van der Waals surface area contributed by atoms with Crippen molar-refractivity contribution in [2.45, 2.75) is 27.2 Å². The standard InChI is InChI=1S/C23H26N4O2S/c1-16(2)15-27(22(29)19-11-9-17(3)10-12-19)14-13-20(28)24-23-26-25-21(30-23)18-7-5-4-6-8-18/h4-12,16H,13-15H2,1-3H3,(H,24,26,28). The average Bonchev–Trinajstić information content (AvgIpc) is 3.20. The quantitative estimate of drug-likeness (QED) is 0.574. The van der Waals surface area contributed by atoms with E-state index >= 15 is 0 Å². The van der Waals surface area contributed by atoms with Gasteiger partial charge >= 0.3 is 0 Å². The number of benzene rings is 2. The molecule has 30 heavy (non-hydrogen) atoms. The van der Waals surface area contributed by atoms with Gasteiger partial charge in [-0.05, 0) is 25.0 Å². The fourth-order valence-corrected chi connectivity index (χ4v) is 3.75. The van der Waals surface area contributed by atoms with Crippen LogP contribution in [0.15, 0.2) is 54.6 Å². The van der Waals surface area contributed by atoms with Crippen molar-refractivity contribution in [2.75, 3.05) is 18.4 Å². The van der Waals surface area contributed by atoms with Gasteiger partial charge in [0.15, 0.2) is 0 Å². The third-order valence-electron chi connectivity index (χ3n) is 4.47. The molecule has 6 nitrogen and oxygen atoms in total. The van der Waals surface area contributed by atoms with E-state index in [1.807, 2.05) is 61.5 Å². The molecule has 0 spiro atoms. The minimum atomic E-state index is -0.184. The predicted molar refractivity (Wildman–Crippen MR) is 121 cm³/mol. The molecule has 2 aromatic carbocycles. The Hall–Kier alpha value is -3.06. The van der Waals surface area contributed by atoms with Crippen molar-refractivity contribution >= 4 is 28.3 Å². The first kappa shape index (κ1) is 21.6. The third kappa shape index (κ3) is 5.97. The molecular weight excluding hydrogens is 396 g/mol. The summed E-state index contributed by atoms with van der Waals surface area (Å²) in [5, 5.41) is 12.2. The highest BCUT2D eigenvalue weighted by molar-refractivity contribution is 7.18. The summed E-state index contributed by atoms with van der Waals surface area (Å²) < 4.78 is 0. The molecule has 0 radical (unpaired) electrons. The number of hydrogen-bond donors (Lipinski definition) is 1. The fourth-order valence-electron chi connectivity index (χ4n) is 2.98. The first-order chi connectivity index (χ1) is 14.4. The highest BCUT2D eigenvalue weighted by Crippen LogP contribution is 2.25. The van der Waals surface area contributed by atoms with E-state index in [0.29, 0.717) is 29.7 Å². The maximum atomic E-state index is 12.9. The zero-order chi connectivity index (χ0) is 21.5. The van der Waals surface area contributed by atoms with E-state index in [9.17, 15) is 9.59 Å². The summed E-state index contributed by atoms with van der Waals surface area (Å²) in [6, 6.07) is 17.2. The highest BCUT2D eigenvalue weighted by Gasteiger charge is 2.18. The van der Waals surface area contributed by atoms with E-state index in [1.165, 1.54) is 11.3 Å². The Morgan fingerprint density at radius 1 is 1.03 bits per heavy atom. The van der Waals surface area contributed by atoms with E-state index in [1.54, 1.807) is 4.90 Å². The molecule has 1 aromatic heterocycles. The second-order valence-electron chi connectivity index (χ2n) is 7.59. The number of amides is 2. The molecule has 3 aromatic rings. The maximum absolute atomic E-state index is 12.9. The van der Waals surface area contributed by atoms with Crippen molar-refractivity contribution in [3.05, 3.63) is 65.7 Å². The van der Waals surface area contributed by atoms with Gasteiger partial charge in [-0.3, -0.25) is 9.59 Å². The Kier molecular flexibility index (Phi) is 7.30. The van der Waals surface area contributed by atoms with Gasteiger partial charge < -0.3 is 10.2 Å². The van der Waals surface area contributed by atoms with E-state index < -0.39 is 0 Å². The zero-order valence-electron chi connectivity index (χ0n) is 17.5. The second-order valence-corrected chi connectivity index (χ2v) is 8.57. The van der Waals surface area contributed by atoms with Gasteiger partial charge in [-0.25, -0.2) is 0 Å². The summed E-state index contributed by atoms with van der Waals surface area (Å²) in [6.07, 6.45) is 0.199. The van der Waals surface area contributed by atoms with Crippen LogP contribution in [0.5, 0.6) is 0 Å². The molecule has 0 bridgehead atoms. The van der Waals surface area contributed by atoms with Crippen LogP contribution in [0.1, 0.15) is 36.2 Å². The van der Waals surface area contributed by atoms with Crippen LogP contribution in [0.25, 0.3) is 10.6 Å². The highest BCUT2D eigenvalue weighted by atomic mass is 32.1. The van der Waals surface area contributed by atoms with Gasteiger partial charge in [0.25, 0.3) is 5.91 Å². The first-order valence-corrected chi connectivity index (χ1v) is 10.8. The van der Waals surface area contributed by atoms with Gasteiger partial charge in [0, 0.05) is 30.6 Å². The van der Waals surface area contributed by atoms with Crippen LogP contribution in [0, 0.1) is 12.8 Å². The lowest BCUT2D eigenvalue weighted by atomic mass is 10.1. The summed E-state index contributed by atoms with van der Waals surface area (Å²) in [5.41, 5.74) is 2.70. The molecule has 0 aliphatic heterocycles. The largest absolute Gasteiger partial charge is 0.338 e. The minimum Gasteiger partial charge on any atom is -0.338 e. The van der Waals surface area contributed by atoms with Gasteiger partial charge in [-0.15, -0.1) is 10.2 Å². The molecule has 3 rings (SSSR count). The molecule has 0 atom stereocenters. The Labute approximate surface area is 181 Å². The van der Waals surface area contributed by atoms with Gasteiger partial charge in [0.2, 0.25) is 11.0 Å². The molecule has 0 fully saturated rings. The number of rotatable bonds is 8. The van der Waals surface area contributed by atoms with Crippen molar-refractivity contribution in [3.63, 3.8) is 0 Å². The van der Waals surface area contributed by atoms with Gasteiger partial charge in [-0.2, -0.15) is 0 Å². The minimum absolute atomic E-state index is 0.0567. The lowest BCUT2D eigenvalue weighted by molar-refractivity contribution is -0.116. The lowest BCUT2D eigenvalue weighted by Gasteiger charge is -2.24. The molecule has 1 heterocycles. The monoisotopic (exact) mass is 422 g/mol. The first-order valence-electron chi connectivity index (χ1n) is 9.97. The van der Waals surface area contributed by atoms with Crippen molar-refractivity contribution in [3.8, 4) is 10.6 Å². The molecule has 0 aliphatic rings. The molecule has 0 aliphatic carbocycles. The van der Waals surface area contributed by atoms with Crippen LogP contribution in [-0.2, 0) is 4.79 Å². The Morgan fingerprint density at radius 2 is 1.73 bits per heavy atom. The van der Waals surface area contributed by atoms with Crippen LogP contribution in [0.3, 0.4) is 0 Å². The van der Waals surface area contributed by atoms with Crippen molar-refractivity contribution in [2.24, 2.45) is 5.92 Å². The van der Waals surface area contributed by atoms with Crippen LogP contribution in [0.4, 0.5) is 5.13 Å². The molecule has 0 unspecified atom stereocenters. The smallest absolute Gasteiger partial charge is 0.253 e. The number of carbonyl (C=O) groups is 2. The van der Waals surface area contributed by atoms with E-state index in [4.69, 9.17) is 0 Å². The lowest BCUT2D eigenvalue weighted by Crippen LogP contribution is -2.36. The van der Waals surface area contributed by atoms with Crippen LogP contribution >= 0.6 is 11.3 Å². The summed E-state index contributed by atoms with van der Waals surface area (Å²) in [5.74, 6) is 0.0639. The average molecular weight is 423 g/mol. The summed E-state index contributed by atoms with van der Waals surface area (Å²) in [7, 11) is 0. The van der Waals surface area contributed by atoms with E-state index in [2.05, 4.69) is 29.4 Å². The van der Waals surface area contributed by atoms with Crippen LogP contribution < -0.4 is 5.32 Å². The Balaban J connectivity index is 1.60. The van der Waals surface area contributed by atoms with Crippen molar-refractivity contribution in [1.82, 2.24) is 15.1 Å². The normalized spacial score (nSPS) is 10.8. The van der Waals surface area contributed by atoms with Crippen LogP contribution in [-0.4, -0.2) is 40.0 Å². The molecule has 0 saturated heterocycles. The van der Waals surface area contributed by atoms with Gasteiger partial charge in [0.05, 0.1) is 0 Å². The Bertz CT molecular complexity index is 984. The number of nitrogens with zero attached hydrogens (tertiary/aromatic N) is 3. The SMILES string of the molecule is Cc1ccc(C(=O)N(CCC(=O)Nc2nnc(-c3ccccc3)s2)CC(C)C)cc1. The summed E-state index contributed by atoms with van der Waals surface area (Å²) in [6.45, 7) is 7.04. The summed E-state index contributed by atoms with van der Waals surface area (Å²) >= 11 is 1.33. The van der Waals surface area contributed by atoms with Gasteiger partial charge in [-0.1, -0.05) is 73.2 Å². The molecular formula is C23H26N4O2S. The number of aromatic nitrogens is 2. The van der Waals surface area contributed by atoms with E-state index in [0.717, 1.165) is 16.1 Å². The van der Waals surface area contributed by atoms with Crippen molar-refractivity contribution in [1.29, 1.82) is 0 Å². The summed E-state index contributed by atoms with van der Waals surface area (Å²) in [4.78, 5) is 27.1. The predicted octanol–water partition coefficient (Wildman–Crippen LogP) is 4.64. The molecule has 2 amide bonds. The molecule has 156 valence electrons. The van der Waals surface area contributed by atoms with Gasteiger partial charge in [0.1, 0.15) is 5.01 Å². The number of aryl methyl sites for hydroxylation is 1. The van der Waals surface area contributed by atoms with E-state index in [-0.39, 0.29) is 18.2 Å². The second kappa shape index (κ2) is 10.1. The Morgan fingerprint density at radius 3 is 2.40 bits per heavy atom. The number of hydrogen-bond acceptors (Lipinski definition) is 5. The third-order valence-corrected chi connectivity index (χ3v) is 5.36. The van der Waals surface area contributed by atoms with Crippen LogP contribution in [0.2, 0.25) is 0 Å². The van der Waals surface area contributed by atoms with Crippen molar-refractivity contribution < 1.29 is 9.59 Å². The topological polar surface area (TPSA) is 75.2 Å². The molecule has 1 N–H and O–H groups in total. The maximum Gasteiger partial charge on any atom is 0.253 e. The fraction of sp³-hybridized carbons (Fsp3) is 0.304.